The van der Waals surface area contributed by atoms with E-state index in [-0.39, 0.29) is 11.4 Å². The van der Waals surface area contributed by atoms with Crippen LogP contribution in [0.25, 0.3) is 0 Å². The van der Waals surface area contributed by atoms with Gasteiger partial charge in [0, 0.05) is 11.4 Å². The summed E-state index contributed by atoms with van der Waals surface area (Å²) in [7, 11) is 0. The molecule has 0 saturated carbocycles. The van der Waals surface area contributed by atoms with Gasteiger partial charge in [-0.1, -0.05) is 6.07 Å². The zero-order chi connectivity index (χ0) is 13.1. The molecule has 4 nitrogen and oxygen atoms in total. The Morgan fingerprint density at radius 2 is 2.11 bits per heavy atom. The number of pyridine rings is 1. The second kappa shape index (κ2) is 4.83. The van der Waals surface area contributed by atoms with Gasteiger partial charge in [0.1, 0.15) is 11.6 Å². The average Bonchev–Trinajstić information content (AvgIpc) is 2.28. The number of aromatic nitrogens is 1. The Morgan fingerprint density at radius 3 is 2.78 bits per heavy atom. The standard InChI is InChI=1S/C13H11FN2O2/c1-8-5-9(13(17)18)6-12(15-8)16-11-4-2-3-10(14)7-11/h2-7H,1H3,(H,15,16)(H,17,18). The number of hydrogen-bond acceptors (Lipinski definition) is 3. The van der Waals surface area contributed by atoms with Gasteiger partial charge in [-0.25, -0.2) is 14.2 Å². The van der Waals surface area contributed by atoms with Gasteiger partial charge in [0.25, 0.3) is 0 Å². The highest BCUT2D eigenvalue weighted by atomic mass is 19.1. The summed E-state index contributed by atoms with van der Waals surface area (Å²) in [4.78, 5) is 15.0. The molecule has 0 fully saturated rings. The Labute approximate surface area is 103 Å². The third-order valence-electron chi connectivity index (χ3n) is 2.30. The fourth-order valence-corrected chi connectivity index (χ4v) is 1.57. The zero-order valence-corrected chi connectivity index (χ0v) is 9.64. The predicted octanol–water partition coefficient (Wildman–Crippen LogP) is 2.97. The van der Waals surface area contributed by atoms with E-state index in [1.165, 1.54) is 24.3 Å². The molecule has 1 aromatic carbocycles. The number of hydrogen-bond donors (Lipinski definition) is 2. The molecule has 5 heteroatoms. The third kappa shape index (κ3) is 2.82. The molecule has 1 heterocycles. The molecule has 18 heavy (non-hydrogen) atoms. The first-order valence-electron chi connectivity index (χ1n) is 5.29. The first-order valence-corrected chi connectivity index (χ1v) is 5.29. The zero-order valence-electron chi connectivity index (χ0n) is 9.64. The molecule has 0 saturated heterocycles. The van der Waals surface area contributed by atoms with Gasteiger partial charge in [-0.2, -0.15) is 0 Å². The first kappa shape index (κ1) is 12.0. The monoisotopic (exact) mass is 246 g/mol. The molecule has 92 valence electrons. The summed E-state index contributed by atoms with van der Waals surface area (Å²) in [6.45, 7) is 1.70. The summed E-state index contributed by atoms with van der Waals surface area (Å²) in [5, 5.41) is 11.8. The normalized spacial score (nSPS) is 10.1. The molecule has 0 aliphatic carbocycles. The lowest BCUT2D eigenvalue weighted by molar-refractivity contribution is 0.0696. The topological polar surface area (TPSA) is 62.2 Å². The number of anilines is 2. The van der Waals surface area contributed by atoms with Crippen molar-refractivity contribution in [1.82, 2.24) is 4.98 Å². The van der Waals surface area contributed by atoms with E-state index in [0.717, 1.165) is 0 Å². The van der Waals surface area contributed by atoms with Gasteiger partial charge in [0.2, 0.25) is 0 Å². The molecule has 2 aromatic rings. The van der Waals surface area contributed by atoms with Crippen molar-refractivity contribution in [2.45, 2.75) is 6.92 Å². The molecule has 0 aliphatic heterocycles. The van der Waals surface area contributed by atoms with Crippen molar-refractivity contribution in [3.05, 3.63) is 53.5 Å². The molecular weight excluding hydrogens is 235 g/mol. The summed E-state index contributed by atoms with van der Waals surface area (Å²) in [6, 6.07) is 8.75. The van der Waals surface area contributed by atoms with E-state index >= 15 is 0 Å². The number of aryl methyl sites for hydroxylation is 1. The van der Waals surface area contributed by atoms with Gasteiger partial charge in [-0.05, 0) is 37.3 Å². The van der Waals surface area contributed by atoms with Crippen molar-refractivity contribution in [3.8, 4) is 0 Å². The van der Waals surface area contributed by atoms with Gasteiger partial charge in [-0.3, -0.25) is 0 Å². The van der Waals surface area contributed by atoms with Crippen LogP contribution in [-0.2, 0) is 0 Å². The predicted molar refractivity (Wildman–Crippen MR) is 65.6 cm³/mol. The fourth-order valence-electron chi connectivity index (χ4n) is 1.57. The van der Waals surface area contributed by atoms with Crippen molar-refractivity contribution >= 4 is 17.5 Å². The van der Waals surface area contributed by atoms with E-state index in [0.29, 0.717) is 17.2 Å². The second-order valence-electron chi connectivity index (χ2n) is 3.82. The average molecular weight is 246 g/mol. The molecule has 0 aliphatic rings. The molecule has 1 aromatic heterocycles. The fraction of sp³-hybridized carbons (Fsp3) is 0.0769. The van der Waals surface area contributed by atoms with Crippen LogP contribution in [0.3, 0.4) is 0 Å². The quantitative estimate of drug-likeness (QED) is 0.874. The third-order valence-corrected chi connectivity index (χ3v) is 2.30. The first-order chi connectivity index (χ1) is 8.54. The molecule has 2 rings (SSSR count). The Bertz CT molecular complexity index is 599. The maximum Gasteiger partial charge on any atom is 0.335 e. The maximum absolute atomic E-state index is 13.0. The summed E-state index contributed by atoms with van der Waals surface area (Å²) in [6.07, 6.45) is 0. The number of aromatic carboxylic acids is 1. The number of nitrogens with one attached hydrogen (secondary N) is 1. The lowest BCUT2D eigenvalue weighted by atomic mass is 10.2. The number of benzene rings is 1. The van der Waals surface area contributed by atoms with Crippen LogP contribution in [0.1, 0.15) is 16.1 Å². The highest BCUT2D eigenvalue weighted by Crippen LogP contribution is 2.17. The largest absolute Gasteiger partial charge is 0.478 e. The molecule has 0 amide bonds. The van der Waals surface area contributed by atoms with E-state index in [2.05, 4.69) is 10.3 Å². The summed E-state index contributed by atoms with van der Waals surface area (Å²) in [5.41, 5.74) is 1.24. The minimum atomic E-state index is -1.03. The van der Waals surface area contributed by atoms with Crippen LogP contribution < -0.4 is 5.32 Å². The van der Waals surface area contributed by atoms with Crippen molar-refractivity contribution in [1.29, 1.82) is 0 Å². The highest BCUT2D eigenvalue weighted by molar-refractivity contribution is 5.88. The van der Waals surface area contributed by atoms with Gasteiger partial charge < -0.3 is 10.4 Å². The van der Waals surface area contributed by atoms with Gasteiger partial charge in [0.15, 0.2) is 0 Å². The van der Waals surface area contributed by atoms with Crippen molar-refractivity contribution in [2.24, 2.45) is 0 Å². The lowest BCUT2D eigenvalue weighted by Gasteiger charge is -2.07. The van der Waals surface area contributed by atoms with Gasteiger partial charge >= 0.3 is 5.97 Å². The summed E-state index contributed by atoms with van der Waals surface area (Å²) < 4.78 is 13.0. The number of nitrogens with zero attached hydrogens (tertiary/aromatic N) is 1. The smallest absolute Gasteiger partial charge is 0.335 e. The molecule has 0 radical (unpaired) electrons. The van der Waals surface area contributed by atoms with E-state index in [1.54, 1.807) is 19.1 Å². The minimum Gasteiger partial charge on any atom is -0.478 e. The van der Waals surface area contributed by atoms with Crippen LogP contribution in [0, 0.1) is 12.7 Å². The number of carbonyl (C=O) groups is 1. The Balaban J connectivity index is 2.31. The number of halogens is 1. The van der Waals surface area contributed by atoms with E-state index in [4.69, 9.17) is 5.11 Å². The van der Waals surface area contributed by atoms with Crippen LogP contribution >= 0.6 is 0 Å². The van der Waals surface area contributed by atoms with Gasteiger partial charge in [-0.15, -0.1) is 0 Å². The van der Waals surface area contributed by atoms with Crippen LogP contribution in [0.2, 0.25) is 0 Å². The SMILES string of the molecule is Cc1cc(C(=O)O)cc(Nc2cccc(F)c2)n1. The lowest BCUT2D eigenvalue weighted by Crippen LogP contribution is -2.02. The van der Waals surface area contributed by atoms with Gasteiger partial charge in [0.05, 0.1) is 5.56 Å². The van der Waals surface area contributed by atoms with Crippen molar-refractivity contribution in [3.63, 3.8) is 0 Å². The molecule has 0 spiro atoms. The Hall–Kier alpha value is -2.43. The number of rotatable bonds is 3. The number of carboxylic acid groups (broad SMARTS) is 1. The minimum absolute atomic E-state index is 0.140. The molecular formula is C13H11FN2O2. The van der Waals surface area contributed by atoms with Crippen LogP contribution in [0.5, 0.6) is 0 Å². The number of carboxylic acids is 1. The van der Waals surface area contributed by atoms with E-state index < -0.39 is 5.97 Å². The Morgan fingerprint density at radius 1 is 1.33 bits per heavy atom. The molecule has 2 N–H and O–H groups in total. The van der Waals surface area contributed by atoms with Crippen molar-refractivity contribution in [2.75, 3.05) is 5.32 Å². The highest BCUT2D eigenvalue weighted by Gasteiger charge is 2.07. The van der Waals surface area contributed by atoms with E-state index in [9.17, 15) is 9.18 Å². The summed E-state index contributed by atoms with van der Waals surface area (Å²) in [5.74, 6) is -1.02. The second-order valence-corrected chi connectivity index (χ2v) is 3.82. The molecule has 0 unspecified atom stereocenters. The maximum atomic E-state index is 13.0. The van der Waals surface area contributed by atoms with Crippen LogP contribution in [0.4, 0.5) is 15.9 Å². The van der Waals surface area contributed by atoms with Crippen LogP contribution in [0.15, 0.2) is 36.4 Å². The molecule has 0 bridgehead atoms. The summed E-state index contributed by atoms with van der Waals surface area (Å²) >= 11 is 0. The Kier molecular flexibility index (Phi) is 3.23. The van der Waals surface area contributed by atoms with Crippen molar-refractivity contribution < 1.29 is 14.3 Å². The van der Waals surface area contributed by atoms with E-state index in [1.807, 2.05) is 0 Å². The molecule has 0 atom stereocenters. The van der Waals surface area contributed by atoms with Crippen LogP contribution in [-0.4, -0.2) is 16.1 Å².